The van der Waals surface area contributed by atoms with E-state index in [0.29, 0.717) is 51.2 Å². The maximum atomic E-state index is 12.5. The van der Waals surface area contributed by atoms with Crippen molar-refractivity contribution >= 4 is 40.7 Å². The molecule has 0 fully saturated rings. The average molecular weight is 562 g/mol. The van der Waals surface area contributed by atoms with Crippen LogP contribution in [0.25, 0.3) is 0 Å². The number of aliphatic hydroxyl groups excluding tert-OH is 1. The maximum absolute atomic E-state index is 12.5. The van der Waals surface area contributed by atoms with Crippen molar-refractivity contribution in [3.63, 3.8) is 0 Å². The highest BCUT2D eigenvalue weighted by atomic mass is 35.5. The number of nitrogens with zero attached hydrogens (tertiary/aromatic N) is 2. The van der Waals surface area contributed by atoms with Crippen LogP contribution in [-0.2, 0) is 9.59 Å². The predicted octanol–water partition coefficient (Wildman–Crippen LogP) is 3.13. The van der Waals surface area contributed by atoms with Crippen molar-refractivity contribution in [3.8, 4) is 17.6 Å². The Bertz CT molecular complexity index is 1250. The second-order valence-corrected chi connectivity index (χ2v) is 10.1. The number of ether oxygens (including phenoxy) is 2. The van der Waals surface area contributed by atoms with Gasteiger partial charge in [0.05, 0.1) is 22.9 Å². The number of nitrogens with one attached hydrogen (secondary N) is 3. The van der Waals surface area contributed by atoms with Gasteiger partial charge in [-0.15, -0.1) is 0 Å². The summed E-state index contributed by atoms with van der Waals surface area (Å²) in [5.74, 6) is 0.111. The average Bonchev–Trinajstić information content (AvgIpc) is 2.87. The number of hydrogen-bond donors (Lipinski definition) is 4. The van der Waals surface area contributed by atoms with Crippen molar-refractivity contribution in [3.05, 3.63) is 57.6 Å². The third-order valence-electron chi connectivity index (χ3n) is 5.53. The van der Waals surface area contributed by atoms with E-state index in [2.05, 4.69) is 21.2 Å². The summed E-state index contributed by atoms with van der Waals surface area (Å²) in [4.78, 5) is 23.9. The summed E-state index contributed by atoms with van der Waals surface area (Å²) in [7, 11) is 0. The van der Waals surface area contributed by atoms with Gasteiger partial charge in [0.25, 0.3) is 5.91 Å². The number of para-hydroxylation sites is 1. The molecule has 3 rings (SSSR count). The number of nitriles is 1. The van der Waals surface area contributed by atoms with Crippen LogP contribution in [0.15, 0.2) is 41.5 Å². The molecular weight excluding hydrogens is 533 g/mol. The van der Waals surface area contributed by atoms with Gasteiger partial charge in [0.2, 0.25) is 5.91 Å². The molecule has 1 heterocycles. The van der Waals surface area contributed by atoms with Gasteiger partial charge < -0.3 is 19.9 Å². The van der Waals surface area contributed by atoms with Crippen molar-refractivity contribution in [1.29, 1.82) is 5.26 Å². The van der Waals surface area contributed by atoms with Gasteiger partial charge in [0.15, 0.2) is 6.61 Å². The summed E-state index contributed by atoms with van der Waals surface area (Å²) in [6, 6.07) is 11.9. The van der Waals surface area contributed by atoms with Crippen LogP contribution in [0.4, 0.5) is 0 Å². The lowest BCUT2D eigenvalue weighted by molar-refractivity contribution is -0.123. The van der Waals surface area contributed by atoms with E-state index in [1.54, 1.807) is 36.4 Å². The van der Waals surface area contributed by atoms with E-state index in [1.807, 2.05) is 19.9 Å². The first-order valence-corrected chi connectivity index (χ1v) is 12.7. The Morgan fingerprint density at radius 1 is 1.26 bits per heavy atom. The lowest BCUT2D eigenvalue weighted by Gasteiger charge is -2.30. The molecule has 0 saturated carbocycles. The topological polar surface area (TPSA) is 145 Å². The molecule has 4 N–H and O–H groups in total. The first-order chi connectivity index (χ1) is 18.1. The number of carbonyl (C=O) groups excluding carboxylic acids is 2. The third kappa shape index (κ3) is 8.60. The van der Waals surface area contributed by atoms with Gasteiger partial charge in [-0.1, -0.05) is 29.3 Å². The van der Waals surface area contributed by atoms with Crippen LogP contribution in [0, 0.1) is 11.3 Å². The maximum Gasteiger partial charge on any atom is 0.258 e. The van der Waals surface area contributed by atoms with E-state index < -0.39 is 11.8 Å². The van der Waals surface area contributed by atoms with Crippen molar-refractivity contribution in [1.82, 2.24) is 16.1 Å². The first-order valence-electron chi connectivity index (χ1n) is 11.9. The van der Waals surface area contributed by atoms with Crippen molar-refractivity contribution in [2.24, 2.45) is 5.10 Å². The molecule has 0 aliphatic carbocycles. The Morgan fingerprint density at radius 3 is 2.76 bits per heavy atom. The summed E-state index contributed by atoms with van der Waals surface area (Å²) in [6.07, 6.45) is 0.0375. The van der Waals surface area contributed by atoms with Crippen LogP contribution in [0.3, 0.4) is 0 Å². The van der Waals surface area contributed by atoms with Crippen LogP contribution in [-0.4, -0.2) is 54.2 Å². The summed E-state index contributed by atoms with van der Waals surface area (Å²) in [5, 5.41) is 30.2. The molecule has 38 heavy (non-hydrogen) atoms. The molecule has 0 spiro atoms. The van der Waals surface area contributed by atoms with Crippen LogP contribution < -0.4 is 25.5 Å². The molecule has 0 bridgehead atoms. The number of amides is 2. The van der Waals surface area contributed by atoms with E-state index in [0.717, 1.165) is 0 Å². The quantitative estimate of drug-likeness (QED) is 0.291. The summed E-state index contributed by atoms with van der Waals surface area (Å²) >= 11 is 12.3. The molecule has 0 radical (unpaired) electrons. The van der Waals surface area contributed by atoms with Gasteiger partial charge in [-0.25, -0.2) is 5.43 Å². The minimum Gasteiger partial charge on any atom is -0.492 e. The number of halogens is 2. The zero-order valence-electron chi connectivity index (χ0n) is 21.0. The Labute approximate surface area is 230 Å². The molecule has 0 saturated heterocycles. The Balaban J connectivity index is 1.46. The van der Waals surface area contributed by atoms with Gasteiger partial charge in [0.1, 0.15) is 23.8 Å². The van der Waals surface area contributed by atoms with Gasteiger partial charge in [-0.3, -0.25) is 14.9 Å². The fraction of sp³-hybridized carbons (Fsp3) is 0.385. The lowest BCUT2D eigenvalue weighted by atomic mass is 10.0. The van der Waals surface area contributed by atoms with Crippen LogP contribution >= 0.6 is 23.2 Å². The number of aliphatic hydroxyl groups is 1. The van der Waals surface area contributed by atoms with Crippen molar-refractivity contribution in [2.45, 2.75) is 44.9 Å². The summed E-state index contributed by atoms with van der Waals surface area (Å²) < 4.78 is 11.3. The minimum atomic E-state index is -0.926. The van der Waals surface area contributed by atoms with Gasteiger partial charge in [-0.05, 0) is 38.1 Å². The third-order valence-corrected chi connectivity index (χ3v) is 6.06. The Hall–Kier alpha value is -3.36. The van der Waals surface area contributed by atoms with E-state index in [9.17, 15) is 14.7 Å². The molecule has 1 aliphatic heterocycles. The molecular formula is C26H29Cl2N5O5. The van der Waals surface area contributed by atoms with Gasteiger partial charge in [0, 0.05) is 48.0 Å². The first kappa shape index (κ1) is 29.2. The highest BCUT2D eigenvalue weighted by Crippen LogP contribution is 2.30. The lowest BCUT2D eigenvalue weighted by Crippen LogP contribution is -2.53. The molecule has 1 atom stereocenters. The summed E-state index contributed by atoms with van der Waals surface area (Å²) in [6.45, 7) is 3.71. The fourth-order valence-electron chi connectivity index (χ4n) is 3.62. The predicted molar refractivity (Wildman–Crippen MR) is 143 cm³/mol. The normalized spacial score (nSPS) is 14.1. The van der Waals surface area contributed by atoms with Crippen LogP contribution in [0.2, 0.25) is 10.0 Å². The molecule has 0 aromatic heterocycles. The highest BCUT2D eigenvalue weighted by molar-refractivity contribution is 6.33. The monoisotopic (exact) mass is 561 g/mol. The molecule has 12 heteroatoms. The SMILES string of the molecule is CC(C)(CNC(=O)COc1c(Cl)cccc1C1=NNC(=O)CC1)NC(O)CCOc1cc(Cl)ccc1C#N. The largest absolute Gasteiger partial charge is 0.492 e. The number of carbonyl (C=O) groups is 2. The minimum absolute atomic E-state index is 0.147. The standard InChI is InChI=1S/C26H29Cl2N5O5/c1-26(2,31-22(34)10-11-37-21-12-17(27)7-6-16(21)13-29)15-30-24(36)14-38-25-18(4-3-5-19(25)28)20-8-9-23(35)33-32-20/h3-7,12,22,31,34H,8-11,14-15H2,1-2H3,(H,30,36)(H,33,35). The van der Waals surface area contributed by atoms with E-state index >= 15 is 0 Å². The second kappa shape index (κ2) is 13.4. The zero-order valence-corrected chi connectivity index (χ0v) is 22.5. The second-order valence-electron chi connectivity index (χ2n) is 9.21. The number of rotatable bonds is 12. The molecule has 1 aliphatic rings. The number of benzene rings is 2. The smallest absolute Gasteiger partial charge is 0.258 e. The molecule has 2 amide bonds. The molecule has 202 valence electrons. The Kier molecular flexibility index (Phi) is 10.3. The molecule has 2 aromatic rings. The summed E-state index contributed by atoms with van der Waals surface area (Å²) in [5.41, 5.74) is 3.36. The fourth-order valence-corrected chi connectivity index (χ4v) is 4.01. The number of hydrazone groups is 1. The molecule has 10 nitrogen and oxygen atoms in total. The van der Waals surface area contributed by atoms with Crippen LogP contribution in [0.5, 0.6) is 11.5 Å². The molecule has 1 unspecified atom stereocenters. The number of hydrogen-bond acceptors (Lipinski definition) is 8. The van der Waals surface area contributed by atoms with Gasteiger partial charge in [-0.2, -0.15) is 10.4 Å². The zero-order chi connectivity index (χ0) is 27.7. The Morgan fingerprint density at radius 2 is 2.05 bits per heavy atom. The van der Waals surface area contributed by atoms with Crippen molar-refractivity contribution in [2.75, 3.05) is 19.8 Å². The van der Waals surface area contributed by atoms with Crippen molar-refractivity contribution < 1.29 is 24.2 Å². The molecule has 2 aromatic carbocycles. The van der Waals surface area contributed by atoms with Gasteiger partial charge >= 0.3 is 0 Å². The van der Waals surface area contributed by atoms with Crippen LogP contribution in [0.1, 0.15) is 44.2 Å². The van der Waals surface area contributed by atoms with E-state index in [4.69, 9.17) is 37.9 Å². The van der Waals surface area contributed by atoms with E-state index in [-0.39, 0.29) is 38.0 Å². The highest BCUT2D eigenvalue weighted by Gasteiger charge is 2.23. The van der Waals surface area contributed by atoms with E-state index in [1.165, 1.54) is 0 Å².